The van der Waals surface area contributed by atoms with Crippen LogP contribution in [-0.2, 0) is 0 Å². The van der Waals surface area contributed by atoms with Crippen LogP contribution in [0.3, 0.4) is 0 Å². The van der Waals surface area contributed by atoms with Crippen LogP contribution in [-0.4, -0.2) is 11.0 Å². The number of anilines is 1. The second-order valence-corrected chi connectivity index (χ2v) is 4.77. The van der Waals surface area contributed by atoms with Gasteiger partial charge in [0.2, 0.25) is 0 Å². The Hall–Kier alpha value is -1.98. The summed E-state index contributed by atoms with van der Waals surface area (Å²) >= 11 is 10.7. The van der Waals surface area contributed by atoms with Crippen molar-refractivity contribution < 1.29 is 9.18 Å². The third-order valence-corrected chi connectivity index (χ3v) is 2.87. The summed E-state index contributed by atoms with van der Waals surface area (Å²) in [6, 6.07) is 12.2. The Balaban J connectivity index is 1.97. The van der Waals surface area contributed by atoms with Gasteiger partial charge in [-0.05, 0) is 54.7 Å². The molecule has 0 aliphatic carbocycles. The van der Waals surface area contributed by atoms with Gasteiger partial charge >= 0.3 is 0 Å². The summed E-state index contributed by atoms with van der Waals surface area (Å²) in [5.41, 5.74) is 0.893. The summed E-state index contributed by atoms with van der Waals surface area (Å²) in [4.78, 5) is 11.9. The molecule has 0 saturated heterocycles. The van der Waals surface area contributed by atoms with Crippen LogP contribution in [0.2, 0.25) is 5.02 Å². The number of nitrogens with one attached hydrogen (secondary N) is 2. The highest BCUT2D eigenvalue weighted by atomic mass is 35.5. The number of amides is 1. The zero-order valence-corrected chi connectivity index (χ0v) is 11.8. The number of benzene rings is 2. The van der Waals surface area contributed by atoms with Crippen molar-refractivity contribution in [1.29, 1.82) is 0 Å². The predicted octanol–water partition coefficient (Wildman–Crippen LogP) is 3.61. The maximum absolute atomic E-state index is 13.0. The summed E-state index contributed by atoms with van der Waals surface area (Å²) in [5.74, 6) is -0.752. The van der Waals surface area contributed by atoms with Gasteiger partial charge in [0.1, 0.15) is 5.82 Å². The highest BCUT2D eigenvalue weighted by Gasteiger charge is 2.07. The highest BCUT2D eigenvalue weighted by molar-refractivity contribution is 7.80. The lowest BCUT2D eigenvalue weighted by Gasteiger charge is -2.09. The molecule has 2 N–H and O–H groups in total. The summed E-state index contributed by atoms with van der Waals surface area (Å²) < 4.78 is 13.0. The summed E-state index contributed by atoms with van der Waals surface area (Å²) in [5, 5.41) is 5.86. The molecular formula is C14H10ClFN2OS. The van der Waals surface area contributed by atoms with Crippen LogP contribution in [0.5, 0.6) is 0 Å². The topological polar surface area (TPSA) is 41.1 Å². The van der Waals surface area contributed by atoms with E-state index in [1.165, 1.54) is 12.1 Å². The van der Waals surface area contributed by atoms with Gasteiger partial charge in [-0.1, -0.05) is 17.7 Å². The third kappa shape index (κ3) is 4.01. The molecule has 0 aromatic heterocycles. The van der Waals surface area contributed by atoms with Crippen molar-refractivity contribution in [3.05, 3.63) is 64.9 Å². The van der Waals surface area contributed by atoms with Crippen LogP contribution in [0.15, 0.2) is 48.5 Å². The number of hydrogen-bond acceptors (Lipinski definition) is 2. The summed E-state index contributed by atoms with van der Waals surface area (Å²) in [6.45, 7) is 0. The smallest absolute Gasteiger partial charge is 0.257 e. The first-order valence-electron chi connectivity index (χ1n) is 5.68. The predicted molar refractivity (Wildman–Crippen MR) is 81.5 cm³/mol. The van der Waals surface area contributed by atoms with E-state index in [9.17, 15) is 9.18 Å². The molecule has 0 fully saturated rings. The molecule has 1 amide bonds. The van der Waals surface area contributed by atoms with E-state index in [1.807, 2.05) is 0 Å². The monoisotopic (exact) mass is 308 g/mol. The van der Waals surface area contributed by atoms with E-state index in [-0.39, 0.29) is 16.8 Å². The molecule has 0 radical (unpaired) electrons. The molecule has 2 rings (SSSR count). The van der Waals surface area contributed by atoms with E-state index in [4.69, 9.17) is 23.8 Å². The maximum Gasteiger partial charge on any atom is 0.257 e. The molecule has 102 valence electrons. The second kappa shape index (κ2) is 6.45. The van der Waals surface area contributed by atoms with E-state index >= 15 is 0 Å². The molecule has 0 bridgehead atoms. The Bertz CT molecular complexity index is 646. The third-order valence-electron chi connectivity index (χ3n) is 2.42. The Morgan fingerprint density at radius 1 is 1.15 bits per heavy atom. The van der Waals surface area contributed by atoms with Crippen LogP contribution in [0.4, 0.5) is 10.1 Å². The zero-order chi connectivity index (χ0) is 14.5. The van der Waals surface area contributed by atoms with Crippen molar-refractivity contribution >= 4 is 40.5 Å². The minimum Gasteiger partial charge on any atom is -0.332 e. The molecule has 0 aliphatic heterocycles. The van der Waals surface area contributed by atoms with E-state index in [0.717, 1.165) is 0 Å². The lowest BCUT2D eigenvalue weighted by atomic mass is 10.2. The van der Waals surface area contributed by atoms with Gasteiger partial charge in [-0.25, -0.2) is 4.39 Å². The van der Waals surface area contributed by atoms with E-state index in [1.54, 1.807) is 36.4 Å². The molecule has 0 heterocycles. The van der Waals surface area contributed by atoms with Crippen molar-refractivity contribution in [3.8, 4) is 0 Å². The first-order chi connectivity index (χ1) is 9.54. The van der Waals surface area contributed by atoms with Gasteiger partial charge in [0.05, 0.1) is 0 Å². The molecule has 6 heteroatoms. The molecule has 0 atom stereocenters. The molecule has 2 aromatic rings. The molecule has 2 aromatic carbocycles. The van der Waals surface area contributed by atoms with Crippen molar-refractivity contribution in [2.45, 2.75) is 0 Å². The zero-order valence-electron chi connectivity index (χ0n) is 10.2. The lowest BCUT2D eigenvalue weighted by Crippen LogP contribution is -2.34. The van der Waals surface area contributed by atoms with Crippen LogP contribution in [0.25, 0.3) is 0 Å². The van der Waals surface area contributed by atoms with E-state index in [2.05, 4.69) is 10.6 Å². The van der Waals surface area contributed by atoms with Crippen molar-refractivity contribution in [2.24, 2.45) is 0 Å². The molecule has 20 heavy (non-hydrogen) atoms. The fraction of sp³-hybridized carbons (Fsp3) is 0. The molecule has 0 spiro atoms. The summed E-state index contributed by atoms with van der Waals surface area (Å²) in [6.07, 6.45) is 0. The molecule has 0 unspecified atom stereocenters. The number of thiocarbonyl (C=S) groups is 1. The first kappa shape index (κ1) is 14.4. The normalized spacial score (nSPS) is 9.90. The highest BCUT2D eigenvalue weighted by Crippen LogP contribution is 2.10. The number of hydrogen-bond donors (Lipinski definition) is 2. The average molecular weight is 309 g/mol. The van der Waals surface area contributed by atoms with Crippen LogP contribution >= 0.6 is 23.8 Å². The van der Waals surface area contributed by atoms with Gasteiger partial charge in [-0.15, -0.1) is 0 Å². The Kier molecular flexibility index (Phi) is 4.65. The van der Waals surface area contributed by atoms with Gasteiger partial charge in [0, 0.05) is 16.3 Å². The number of rotatable bonds is 2. The SMILES string of the molecule is O=C(NC(=S)Nc1cccc(F)c1)c1ccc(Cl)cc1. The maximum atomic E-state index is 13.0. The largest absolute Gasteiger partial charge is 0.332 e. The van der Waals surface area contributed by atoms with Gasteiger partial charge in [-0.2, -0.15) is 0 Å². The van der Waals surface area contributed by atoms with Crippen LogP contribution in [0, 0.1) is 5.82 Å². The summed E-state index contributed by atoms with van der Waals surface area (Å²) in [7, 11) is 0. The Morgan fingerprint density at radius 3 is 2.50 bits per heavy atom. The van der Waals surface area contributed by atoms with Crippen molar-refractivity contribution in [1.82, 2.24) is 5.32 Å². The molecule has 0 saturated carbocycles. The number of halogens is 2. The van der Waals surface area contributed by atoms with E-state index < -0.39 is 0 Å². The van der Waals surface area contributed by atoms with Crippen molar-refractivity contribution in [3.63, 3.8) is 0 Å². The quantitative estimate of drug-likeness (QED) is 0.833. The minimum absolute atomic E-state index is 0.0931. The van der Waals surface area contributed by atoms with Crippen molar-refractivity contribution in [2.75, 3.05) is 5.32 Å². The molecule has 3 nitrogen and oxygen atoms in total. The Morgan fingerprint density at radius 2 is 1.85 bits per heavy atom. The number of carbonyl (C=O) groups excluding carboxylic acids is 1. The second-order valence-electron chi connectivity index (χ2n) is 3.93. The van der Waals surface area contributed by atoms with E-state index in [0.29, 0.717) is 16.3 Å². The average Bonchev–Trinajstić information content (AvgIpc) is 2.39. The fourth-order valence-corrected chi connectivity index (χ4v) is 1.84. The molecule has 0 aliphatic rings. The van der Waals surface area contributed by atoms with Gasteiger partial charge in [-0.3, -0.25) is 10.1 Å². The number of carbonyl (C=O) groups is 1. The first-order valence-corrected chi connectivity index (χ1v) is 6.47. The minimum atomic E-state index is -0.387. The van der Waals surface area contributed by atoms with Gasteiger partial charge in [0.15, 0.2) is 5.11 Å². The van der Waals surface area contributed by atoms with Crippen LogP contribution < -0.4 is 10.6 Å². The van der Waals surface area contributed by atoms with Gasteiger partial charge < -0.3 is 5.32 Å². The molecular weight excluding hydrogens is 299 g/mol. The Labute approximate surface area is 125 Å². The van der Waals surface area contributed by atoms with Crippen LogP contribution in [0.1, 0.15) is 10.4 Å². The standard InChI is InChI=1S/C14H10ClFN2OS/c15-10-6-4-9(5-7-10)13(19)18-14(20)17-12-3-1-2-11(16)8-12/h1-8H,(H2,17,18,19,20). The van der Waals surface area contributed by atoms with Gasteiger partial charge in [0.25, 0.3) is 5.91 Å². The fourth-order valence-electron chi connectivity index (χ4n) is 1.51. The lowest BCUT2D eigenvalue weighted by molar-refractivity contribution is 0.0978.